The fourth-order valence-corrected chi connectivity index (χ4v) is 5.48. The largest absolute Gasteiger partial charge is 0.447 e. The van der Waals surface area contributed by atoms with Gasteiger partial charge in [-0.1, -0.05) is 0 Å². The monoisotopic (exact) mass is 486 g/mol. The van der Waals surface area contributed by atoms with Crippen LogP contribution in [0, 0.1) is 0 Å². The summed E-state index contributed by atoms with van der Waals surface area (Å²) in [4.78, 5) is 39.8. The van der Waals surface area contributed by atoms with Gasteiger partial charge in [0.05, 0.1) is 17.8 Å². The molecule has 0 atom stereocenters. The molecule has 0 saturated carbocycles. The molecule has 36 heavy (non-hydrogen) atoms. The topological polar surface area (TPSA) is 90.9 Å². The van der Waals surface area contributed by atoms with Gasteiger partial charge in [-0.25, -0.2) is 19.6 Å². The Balaban J connectivity index is 1.09. The van der Waals surface area contributed by atoms with Gasteiger partial charge in [-0.15, -0.1) is 0 Å². The SMILES string of the molecule is O=C(Nc1ccc(N2CCCC2)cc1)N1CCC(c2ncnc3cc(N4CCOC4=O)ccc23)CC1. The van der Waals surface area contributed by atoms with E-state index < -0.39 is 0 Å². The molecule has 3 aliphatic rings. The minimum Gasteiger partial charge on any atom is -0.447 e. The van der Waals surface area contributed by atoms with E-state index in [1.807, 2.05) is 35.2 Å². The lowest BCUT2D eigenvalue weighted by Crippen LogP contribution is -2.40. The maximum absolute atomic E-state index is 12.9. The molecule has 3 amide bonds. The molecule has 1 aromatic heterocycles. The smallest absolute Gasteiger partial charge is 0.414 e. The van der Waals surface area contributed by atoms with Crippen molar-refractivity contribution in [3.63, 3.8) is 0 Å². The number of rotatable bonds is 4. The fourth-order valence-electron chi connectivity index (χ4n) is 5.48. The number of carbonyl (C=O) groups excluding carboxylic acids is 2. The highest BCUT2D eigenvalue weighted by molar-refractivity contribution is 5.93. The Morgan fingerprint density at radius 3 is 2.39 bits per heavy atom. The van der Waals surface area contributed by atoms with E-state index in [0.29, 0.717) is 26.2 Å². The van der Waals surface area contributed by atoms with Crippen LogP contribution in [0.3, 0.4) is 0 Å². The fraction of sp³-hybridized carbons (Fsp3) is 0.407. The molecule has 0 aliphatic carbocycles. The van der Waals surface area contributed by atoms with E-state index in [1.54, 1.807) is 11.2 Å². The lowest BCUT2D eigenvalue weighted by atomic mass is 9.91. The van der Waals surface area contributed by atoms with Crippen LogP contribution in [0.5, 0.6) is 0 Å². The number of nitrogens with one attached hydrogen (secondary N) is 1. The van der Waals surface area contributed by atoms with Gasteiger partial charge < -0.3 is 19.9 Å². The zero-order valence-electron chi connectivity index (χ0n) is 20.2. The lowest BCUT2D eigenvalue weighted by molar-refractivity contribution is 0.181. The number of amides is 3. The number of hydrogen-bond acceptors (Lipinski definition) is 6. The number of aromatic nitrogens is 2. The van der Waals surface area contributed by atoms with Crippen LogP contribution in [0.1, 0.15) is 37.3 Å². The molecule has 186 valence electrons. The lowest BCUT2D eigenvalue weighted by Gasteiger charge is -2.32. The third kappa shape index (κ3) is 4.41. The molecule has 1 N–H and O–H groups in total. The van der Waals surface area contributed by atoms with Crippen LogP contribution in [0.2, 0.25) is 0 Å². The number of nitrogens with zero attached hydrogens (tertiary/aromatic N) is 5. The standard InChI is InChI=1S/C27H30N6O3/c34-26(30-20-3-5-21(6-4-20)31-11-1-2-12-31)32-13-9-19(10-14-32)25-23-8-7-22(17-24(23)28-18-29-25)33-15-16-36-27(33)35/h3-8,17-19H,1-2,9-16H2,(H,30,34). The van der Waals surface area contributed by atoms with Gasteiger partial charge in [0.15, 0.2) is 0 Å². The summed E-state index contributed by atoms with van der Waals surface area (Å²) in [5.74, 6) is 0.252. The molecule has 3 aliphatic heterocycles. The number of carbonyl (C=O) groups is 2. The van der Waals surface area contributed by atoms with E-state index in [9.17, 15) is 9.59 Å². The summed E-state index contributed by atoms with van der Waals surface area (Å²) >= 11 is 0. The number of anilines is 3. The highest BCUT2D eigenvalue weighted by Crippen LogP contribution is 2.33. The summed E-state index contributed by atoms with van der Waals surface area (Å²) in [5, 5.41) is 4.05. The first kappa shape index (κ1) is 22.6. The van der Waals surface area contributed by atoms with Crippen LogP contribution in [-0.4, -0.2) is 66.3 Å². The third-order valence-corrected chi connectivity index (χ3v) is 7.48. The maximum Gasteiger partial charge on any atom is 0.414 e. The van der Waals surface area contributed by atoms with Gasteiger partial charge in [-0.2, -0.15) is 0 Å². The first-order valence-corrected chi connectivity index (χ1v) is 12.8. The molecule has 2 aromatic carbocycles. The Hall–Kier alpha value is -3.88. The number of ether oxygens (including phenoxy) is 1. The predicted octanol–water partition coefficient (Wildman–Crippen LogP) is 4.60. The van der Waals surface area contributed by atoms with Crippen LogP contribution >= 0.6 is 0 Å². The molecule has 9 nitrogen and oxygen atoms in total. The average molecular weight is 487 g/mol. The van der Waals surface area contributed by atoms with Gasteiger partial charge in [0.2, 0.25) is 0 Å². The van der Waals surface area contributed by atoms with Crippen LogP contribution < -0.4 is 15.1 Å². The first-order chi connectivity index (χ1) is 17.7. The average Bonchev–Trinajstić information content (AvgIpc) is 3.61. The number of piperidine rings is 1. The van der Waals surface area contributed by atoms with Crippen molar-refractivity contribution in [2.75, 3.05) is 54.4 Å². The maximum atomic E-state index is 12.9. The summed E-state index contributed by atoms with van der Waals surface area (Å²) in [6.07, 6.45) is 5.44. The Morgan fingerprint density at radius 1 is 0.917 bits per heavy atom. The normalized spacial score (nSPS) is 18.7. The zero-order valence-corrected chi connectivity index (χ0v) is 20.2. The van der Waals surface area contributed by atoms with E-state index in [0.717, 1.165) is 53.9 Å². The van der Waals surface area contributed by atoms with E-state index in [2.05, 4.69) is 32.3 Å². The summed E-state index contributed by atoms with van der Waals surface area (Å²) in [7, 11) is 0. The zero-order chi connectivity index (χ0) is 24.5. The van der Waals surface area contributed by atoms with Crippen LogP contribution in [-0.2, 0) is 4.74 Å². The third-order valence-electron chi connectivity index (χ3n) is 7.48. The molecule has 0 spiro atoms. The molecule has 4 heterocycles. The van der Waals surface area contributed by atoms with Crippen molar-refractivity contribution >= 4 is 40.1 Å². The van der Waals surface area contributed by atoms with Crippen molar-refractivity contribution in [1.29, 1.82) is 0 Å². The second-order valence-corrected chi connectivity index (χ2v) is 9.66. The molecule has 6 rings (SSSR count). The predicted molar refractivity (Wildman–Crippen MR) is 139 cm³/mol. The molecule has 3 saturated heterocycles. The Morgan fingerprint density at radius 2 is 1.67 bits per heavy atom. The van der Waals surface area contributed by atoms with Crippen molar-refractivity contribution in [2.45, 2.75) is 31.6 Å². The molecule has 3 aromatic rings. The second-order valence-electron chi connectivity index (χ2n) is 9.66. The first-order valence-electron chi connectivity index (χ1n) is 12.8. The summed E-state index contributed by atoms with van der Waals surface area (Å²) in [6, 6.07) is 13.9. The van der Waals surface area contributed by atoms with Gasteiger partial charge in [-0.3, -0.25) is 4.90 Å². The molecule has 9 heteroatoms. The number of fused-ring (bicyclic) bond motifs is 1. The van der Waals surface area contributed by atoms with Crippen molar-refractivity contribution in [2.24, 2.45) is 0 Å². The number of likely N-dealkylation sites (tertiary alicyclic amines) is 1. The van der Waals surface area contributed by atoms with Gasteiger partial charge in [0.25, 0.3) is 0 Å². The highest BCUT2D eigenvalue weighted by atomic mass is 16.6. The van der Waals surface area contributed by atoms with Gasteiger partial charge in [-0.05, 0) is 68.1 Å². The Kier molecular flexibility index (Phi) is 6.04. The minimum atomic E-state index is -0.322. The van der Waals surface area contributed by atoms with Crippen LogP contribution in [0.15, 0.2) is 48.8 Å². The summed E-state index contributed by atoms with van der Waals surface area (Å²) < 4.78 is 5.06. The number of cyclic esters (lactones) is 1. The van der Waals surface area contributed by atoms with Crippen molar-refractivity contribution in [1.82, 2.24) is 14.9 Å². The van der Waals surface area contributed by atoms with E-state index >= 15 is 0 Å². The molecule has 0 bridgehead atoms. The second kappa shape index (κ2) is 9.64. The summed E-state index contributed by atoms with van der Waals surface area (Å²) in [5.41, 5.74) is 4.65. The highest BCUT2D eigenvalue weighted by Gasteiger charge is 2.27. The molecule has 0 radical (unpaired) electrons. The Bertz CT molecular complexity index is 1270. The molecular weight excluding hydrogens is 456 g/mol. The number of benzene rings is 2. The van der Waals surface area contributed by atoms with Gasteiger partial charge in [0, 0.05) is 54.5 Å². The van der Waals surface area contributed by atoms with Crippen molar-refractivity contribution < 1.29 is 14.3 Å². The number of urea groups is 1. The van der Waals surface area contributed by atoms with E-state index in [1.165, 1.54) is 18.5 Å². The van der Waals surface area contributed by atoms with Crippen LogP contribution in [0.4, 0.5) is 26.7 Å². The number of hydrogen-bond donors (Lipinski definition) is 1. The molecular formula is C27H30N6O3. The van der Waals surface area contributed by atoms with E-state index in [4.69, 9.17) is 4.74 Å². The quantitative estimate of drug-likeness (QED) is 0.580. The van der Waals surface area contributed by atoms with E-state index in [-0.39, 0.29) is 18.0 Å². The Labute approximate surface area is 210 Å². The van der Waals surface area contributed by atoms with Crippen molar-refractivity contribution in [3.8, 4) is 0 Å². The van der Waals surface area contributed by atoms with Crippen molar-refractivity contribution in [3.05, 3.63) is 54.5 Å². The minimum absolute atomic E-state index is 0.0583. The van der Waals surface area contributed by atoms with Gasteiger partial charge >= 0.3 is 12.1 Å². The van der Waals surface area contributed by atoms with Crippen LogP contribution in [0.25, 0.3) is 10.9 Å². The molecule has 3 fully saturated rings. The van der Waals surface area contributed by atoms with Gasteiger partial charge in [0.1, 0.15) is 12.9 Å². The molecule has 0 unspecified atom stereocenters. The summed E-state index contributed by atoms with van der Waals surface area (Å²) in [6.45, 7) is 4.51.